The minimum atomic E-state index is -0.539. The Morgan fingerprint density at radius 3 is 2.15 bits per heavy atom. The lowest BCUT2D eigenvalue weighted by Gasteiger charge is -2.15. The summed E-state index contributed by atoms with van der Waals surface area (Å²) in [7, 11) is 0. The molecule has 130 valence electrons. The maximum Gasteiger partial charge on any atom is 0.251 e. The molecule has 3 aromatic rings. The standard InChI is InChI=1S/C21H18N2O2S/c22-18(24)16-13-17(14-7-3-1-4-8-14)26-19(16)23-20(25)21(11-12-21)15-9-5-2-6-10-15/h1-10,13H,11-12H2,(H2,22,24)(H,23,25). The van der Waals surface area contributed by atoms with Crippen molar-refractivity contribution in [2.45, 2.75) is 18.3 Å². The van der Waals surface area contributed by atoms with Crippen molar-refractivity contribution in [2.75, 3.05) is 5.32 Å². The SMILES string of the molecule is NC(=O)c1cc(-c2ccccc2)sc1NC(=O)C1(c2ccccc2)CC1. The molecule has 5 heteroatoms. The predicted octanol–water partition coefficient (Wildman–Crippen LogP) is 4.18. The van der Waals surface area contributed by atoms with Gasteiger partial charge in [-0.1, -0.05) is 60.7 Å². The Morgan fingerprint density at radius 1 is 0.962 bits per heavy atom. The van der Waals surface area contributed by atoms with Gasteiger partial charge in [0, 0.05) is 4.88 Å². The van der Waals surface area contributed by atoms with Crippen LogP contribution >= 0.6 is 11.3 Å². The first-order chi connectivity index (χ1) is 12.6. The highest BCUT2D eigenvalue weighted by molar-refractivity contribution is 7.20. The Balaban J connectivity index is 1.65. The molecule has 4 nitrogen and oxygen atoms in total. The van der Waals surface area contributed by atoms with E-state index >= 15 is 0 Å². The molecule has 0 spiro atoms. The van der Waals surface area contributed by atoms with Crippen LogP contribution in [0.3, 0.4) is 0 Å². The summed E-state index contributed by atoms with van der Waals surface area (Å²) in [5.74, 6) is -0.615. The summed E-state index contributed by atoms with van der Waals surface area (Å²) in [5.41, 5.74) is 7.40. The van der Waals surface area contributed by atoms with E-state index in [-0.39, 0.29) is 5.91 Å². The van der Waals surface area contributed by atoms with E-state index in [9.17, 15) is 9.59 Å². The molecule has 0 unspecified atom stereocenters. The van der Waals surface area contributed by atoms with Crippen LogP contribution in [0.2, 0.25) is 0 Å². The zero-order chi connectivity index (χ0) is 18.1. The molecule has 1 fully saturated rings. The van der Waals surface area contributed by atoms with Crippen molar-refractivity contribution in [1.29, 1.82) is 0 Å². The first-order valence-corrected chi connectivity index (χ1v) is 9.28. The topological polar surface area (TPSA) is 72.2 Å². The highest BCUT2D eigenvalue weighted by Gasteiger charge is 2.51. The third kappa shape index (κ3) is 2.91. The number of hydrogen-bond donors (Lipinski definition) is 2. The lowest BCUT2D eigenvalue weighted by atomic mass is 9.95. The van der Waals surface area contributed by atoms with E-state index in [1.54, 1.807) is 6.07 Å². The summed E-state index contributed by atoms with van der Waals surface area (Å²) in [5, 5.41) is 3.48. The smallest absolute Gasteiger partial charge is 0.251 e. The van der Waals surface area contributed by atoms with Gasteiger partial charge in [-0.25, -0.2) is 0 Å². The van der Waals surface area contributed by atoms with Gasteiger partial charge in [-0.05, 0) is 30.0 Å². The van der Waals surface area contributed by atoms with E-state index in [1.165, 1.54) is 11.3 Å². The number of amides is 2. The molecule has 1 saturated carbocycles. The molecular formula is C21H18N2O2S. The second-order valence-corrected chi connectivity index (χ2v) is 7.54. The minimum absolute atomic E-state index is 0.0762. The van der Waals surface area contributed by atoms with Crippen LogP contribution in [0.1, 0.15) is 28.8 Å². The molecule has 0 radical (unpaired) electrons. The van der Waals surface area contributed by atoms with Crippen molar-refractivity contribution in [2.24, 2.45) is 5.73 Å². The average Bonchev–Trinajstić information content (AvgIpc) is 3.38. The van der Waals surface area contributed by atoms with Gasteiger partial charge in [-0.15, -0.1) is 11.3 Å². The third-order valence-corrected chi connectivity index (χ3v) is 5.89. The normalized spacial score (nSPS) is 14.6. The summed E-state index contributed by atoms with van der Waals surface area (Å²) >= 11 is 1.38. The fourth-order valence-corrected chi connectivity index (χ4v) is 4.23. The number of nitrogens with two attached hydrogens (primary N) is 1. The number of rotatable bonds is 5. The van der Waals surface area contributed by atoms with Crippen molar-refractivity contribution in [1.82, 2.24) is 0 Å². The van der Waals surface area contributed by atoms with E-state index in [4.69, 9.17) is 5.73 Å². The van der Waals surface area contributed by atoms with Gasteiger partial charge in [-0.2, -0.15) is 0 Å². The fraction of sp³-hybridized carbons (Fsp3) is 0.143. The molecule has 1 aromatic heterocycles. The molecule has 3 N–H and O–H groups in total. The largest absolute Gasteiger partial charge is 0.366 e. The number of nitrogens with one attached hydrogen (secondary N) is 1. The highest BCUT2D eigenvalue weighted by Crippen LogP contribution is 2.49. The molecule has 4 rings (SSSR count). The van der Waals surface area contributed by atoms with Crippen LogP contribution < -0.4 is 11.1 Å². The number of thiophene rings is 1. The molecule has 0 bridgehead atoms. The lowest BCUT2D eigenvalue weighted by molar-refractivity contribution is -0.118. The summed E-state index contributed by atoms with van der Waals surface area (Å²) in [6, 6.07) is 21.3. The van der Waals surface area contributed by atoms with Crippen LogP contribution in [0.4, 0.5) is 5.00 Å². The number of anilines is 1. The highest BCUT2D eigenvalue weighted by atomic mass is 32.1. The number of primary amides is 1. The zero-order valence-corrected chi connectivity index (χ0v) is 14.9. The van der Waals surface area contributed by atoms with Crippen molar-refractivity contribution in [3.63, 3.8) is 0 Å². The van der Waals surface area contributed by atoms with Gasteiger partial charge in [0.15, 0.2) is 0 Å². The Labute approximate surface area is 155 Å². The van der Waals surface area contributed by atoms with Crippen molar-refractivity contribution >= 4 is 28.2 Å². The van der Waals surface area contributed by atoms with Gasteiger partial charge in [0.2, 0.25) is 5.91 Å². The number of hydrogen-bond acceptors (Lipinski definition) is 3. The van der Waals surface area contributed by atoms with E-state index < -0.39 is 11.3 Å². The molecule has 0 saturated heterocycles. The Bertz CT molecular complexity index is 960. The average molecular weight is 362 g/mol. The van der Waals surface area contributed by atoms with Gasteiger partial charge in [-0.3, -0.25) is 9.59 Å². The van der Waals surface area contributed by atoms with Crippen LogP contribution in [0.5, 0.6) is 0 Å². The Hall–Kier alpha value is -2.92. The first-order valence-electron chi connectivity index (χ1n) is 8.46. The summed E-state index contributed by atoms with van der Waals surface area (Å²) < 4.78 is 0. The lowest BCUT2D eigenvalue weighted by Crippen LogP contribution is -2.28. The molecule has 1 aliphatic rings. The molecule has 1 heterocycles. The van der Waals surface area contributed by atoms with E-state index in [1.807, 2.05) is 60.7 Å². The fourth-order valence-electron chi connectivity index (χ4n) is 3.16. The second-order valence-electron chi connectivity index (χ2n) is 6.49. The molecule has 2 amide bonds. The van der Waals surface area contributed by atoms with E-state index in [0.29, 0.717) is 10.6 Å². The zero-order valence-electron chi connectivity index (χ0n) is 14.1. The van der Waals surface area contributed by atoms with Crippen molar-refractivity contribution in [3.05, 3.63) is 77.9 Å². The number of benzene rings is 2. The third-order valence-electron chi connectivity index (χ3n) is 4.79. The Kier molecular flexibility index (Phi) is 4.09. The predicted molar refractivity (Wildman–Crippen MR) is 104 cm³/mol. The first kappa shape index (κ1) is 16.5. The van der Waals surface area contributed by atoms with Crippen LogP contribution in [-0.4, -0.2) is 11.8 Å². The van der Waals surface area contributed by atoms with Crippen LogP contribution in [0, 0.1) is 0 Å². The second kappa shape index (κ2) is 6.42. The van der Waals surface area contributed by atoms with E-state index in [2.05, 4.69) is 5.32 Å². The summed E-state index contributed by atoms with van der Waals surface area (Å²) in [6.07, 6.45) is 1.62. The van der Waals surface area contributed by atoms with Crippen LogP contribution in [0.15, 0.2) is 66.7 Å². The van der Waals surface area contributed by atoms with Gasteiger partial charge in [0.1, 0.15) is 5.00 Å². The Morgan fingerprint density at radius 2 is 1.58 bits per heavy atom. The molecule has 26 heavy (non-hydrogen) atoms. The molecule has 0 atom stereocenters. The van der Waals surface area contributed by atoms with Crippen molar-refractivity contribution in [3.8, 4) is 10.4 Å². The summed E-state index contributed by atoms with van der Waals surface area (Å²) in [4.78, 5) is 25.7. The van der Waals surface area contributed by atoms with Gasteiger partial charge < -0.3 is 11.1 Å². The number of carbonyl (C=O) groups is 2. The van der Waals surface area contributed by atoms with Gasteiger partial charge in [0.05, 0.1) is 11.0 Å². The monoisotopic (exact) mass is 362 g/mol. The molecule has 1 aliphatic carbocycles. The molecule has 0 aliphatic heterocycles. The van der Waals surface area contributed by atoms with Gasteiger partial charge in [0.25, 0.3) is 5.91 Å². The van der Waals surface area contributed by atoms with E-state index in [0.717, 1.165) is 28.8 Å². The quantitative estimate of drug-likeness (QED) is 0.714. The van der Waals surface area contributed by atoms with Crippen LogP contribution in [-0.2, 0) is 10.2 Å². The maximum absolute atomic E-state index is 13.0. The van der Waals surface area contributed by atoms with Crippen LogP contribution in [0.25, 0.3) is 10.4 Å². The van der Waals surface area contributed by atoms with Crippen molar-refractivity contribution < 1.29 is 9.59 Å². The molecule has 2 aromatic carbocycles. The summed E-state index contributed by atoms with van der Waals surface area (Å²) in [6.45, 7) is 0. The minimum Gasteiger partial charge on any atom is -0.366 e. The maximum atomic E-state index is 13.0. The van der Waals surface area contributed by atoms with Gasteiger partial charge >= 0.3 is 0 Å². The number of carbonyl (C=O) groups excluding carboxylic acids is 2. The molecular weight excluding hydrogens is 344 g/mol.